The van der Waals surface area contributed by atoms with Crippen LogP contribution in [0.2, 0.25) is 10.1 Å². The van der Waals surface area contributed by atoms with Crippen LogP contribution in [-0.2, 0) is 32.7 Å². The number of methoxy groups -OCH3 is 2. The fourth-order valence-corrected chi connectivity index (χ4v) is 11.0. The van der Waals surface area contributed by atoms with E-state index in [4.69, 9.17) is 23.1 Å². The molecule has 222 valence electrons. The SMILES string of the molecule is C=C[C@H](OC)[C@H](OC(=O)COC)[C@@H](C)[C@H](O)[C@@H](C)C(=O)C[C@H]1O[Si](C(C)(C)C)(C(C)(C)C)O[C@H](CC)[C@H]1C. The summed E-state index contributed by atoms with van der Waals surface area (Å²) in [4.78, 5) is 25.8. The lowest BCUT2D eigenvalue weighted by Crippen LogP contribution is -2.66. The highest BCUT2D eigenvalue weighted by atomic mass is 28.4. The third kappa shape index (κ3) is 7.76. The number of hydrogen-bond acceptors (Lipinski definition) is 8. The highest BCUT2D eigenvalue weighted by Gasteiger charge is 2.63. The molecule has 1 fully saturated rings. The Morgan fingerprint density at radius 2 is 1.58 bits per heavy atom. The molecule has 1 N–H and O–H groups in total. The van der Waals surface area contributed by atoms with Gasteiger partial charge in [0.2, 0.25) is 0 Å². The first kappa shape index (κ1) is 34.9. The van der Waals surface area contributed by atoms with Gasteiger partial charge < -0.3 is 28.2 Å². The van der Waals surface area contributed by atoms with Crippen molar-refractivity contribution in [3.05, 3.63) is 12.7 Å². The van der Waals surface area contributed by atoms with Crippen molar-refractivity contribution in [1.82, 2.24) is 0 Å². The van der Waals surface area contributed by atoms with Crippen molar-refractivity contribution in [3.8, 4) is 0 Å². The minimum absolute atomic E-state index is 0.00884. The Hall–Kier alpha value is -1.10. The average Bonchev–Trinajstić information content (AvgIpc) is 2.82. The van der Waals surface area contributed by atoms with Crippen LogP contribution in [0.5, 0.6) is 0 Å². The van der Waals surface area contributed by atoms with Crippen LogP contribution in [-0.4, -0.2) is 76.8 Å². The van der Waals surface area contributed by atoms with Crippen molar-refractivity contribution < 1.29 is 37.8 Å². The highest BCUT2D eigenvalue weighted by Crippen LogP contribution is 2.56. The van der Waals surface area contributed by atoms with E-state index in [1.165, 1.54) is 20.3 Å². The van der Waals surface area contributed by atoms with Crippen molar-refractivity contribution >= 4 is 20.3 Å². The summed E-state index contributed by atoms with van der Waals surface area (Å²) in [5.74, 6) is -1.97. The summed E-state index contributed by atoms with van der Waals surface area (Å²) in [6, 6.07) is 0. The molecule has 1 aliphatic heterocycles. The van der Waals surface area contributed by atoms with Gasteiger partial charge in [-0.05, 0) is 6.42 Å². The Morgan fingerprint density at radius 3 is 2.00 bits per heavy atom. The molecule has 0 aromatic rings. The lowest BCUT2D eigenvalue weighted by atomic mass is 9.82. The van der Waals surface area contributed by atoms with Crippen LogP contribution >= 0.6 is 0 Å². The molecule has 0 radical (unpaired) electrons. The van der Waals surface area contributed by atoms with Crippen LogP contribution < -0.4 is 0 Å². The summed E-state index contributed by atoms with van der Waals surface area (Å²) >= 11 is 0. The van der Waals surface area contributed by atoms with Crippen LogP contribution in [0.1, 0.15) is 82.1 Å². The van der Waals surface area contributed by atoms with E-state index < -0.39 is 44.7 Å². The quantitative estimate of drug-likeness (QED) is 0.187. The van der Waals surface area contributed by atoms with Crippen molar-refractivity contribution in [2.45, 2.75) is 123 Å². The number of Topliss-reactive ketones (excluding diaryl/α,β-unsaturated/α-hetero) is 1. The van der Waals surface area contributed by atoms with E-state index in [9.17, 15) is 14.7 Å². The number of ether oxygens (including phenoxy) is 3. The van der Waals surface area contributed by atoms with Crippen LogP contribution in [0.4, 0.5) is 0 Å². The molecule has 8 nitrogen and oxygen atoms in total. The van der Waals surface area contributed by atoms with Gasteiger partial charge in [0.25, 0.3) is 0 Å². The number of esters is 1. The van der Waals surface area contributed by atoms with Gasteiger partial charge in [-0.1, -0.05) is 75.3 Å². The maximum Gasteiger partial charge on any atom is 0.349 e. The van der Waals surface area contributed by atoms with E-state index in [0.717, 1.165) is 6.42 Å². The van der Waals surface area contributed by atoms with Crippen LogP contribution in [0.3, 0.4) is 0 Å². The van der Waals surface area contributed by atoms with Crippen LogP contribution in [0.25, 0.3) is 0 Å². The van der Waals surface area contributed by atoms with Gasteiger partial charge in [0.15, 0.2) is 0 Å². The molecule has 1 rings (SSSR count). The summed E-state index contributed by atoms with van der Waals surface area (Å²) in [6.45, 7) is 24.2. The normalized spacial score (nSPS) is 26.1. The molecule has 9 heteroatoms. The lowest BCUT2D eigenvalue weighted by molar-refractivity contribution is -0.167. The van der Waals surface area contributed by atoms with Gasteiger partial charge >= 0.3 is 14.5 Å². The second-order valence-electron chi connectivity index (χ2n) is 12.8. The van der Waals surface area contributed by atoms with E-state index in [-0.39, 0.29) is 47.0 Å². The zero-order chi connectivity index (χ0) is 29.6. The Labute approximate surface area is 232 Å². The van der Waals surface area contributed by atoms with Crippen molar-refractivity contribution in [2.24, 2.45) is 17.8 Å². The lowest BCUT2D eigenvalue weighted by Gasteiger charge is -2.57. The van der Waals surface area contributed by atoms with Gasteiger partial charge in [0, 0.05) is 48.5 Å². The molecule has 1 aliphatic rings. The number of ketones is 1. The fraction of sp³-hybridized carbons (Fsp3) is 0.862. The smallest absolute Gasteiger partial charge is 0.349 e. The standard InChI is InChI=1S/C29H54O8Si/c1-14-22-19(4)24(37-38(36-22,28(6,7)8)29(9,10)11)16-21(30)18(3)26(32)20(5)27(23(15-2)34-13)35-25(31)17-33-12/h15,18-20,22-24,26-27,32H,2,14,16-17H2,1,3-13H3/t18-,19+,20-,22+,23-,24+,26+,27+/m0/s1. The Morgan fingerprint density at radius 1 is 1.05 bits per heavy atom. The molecule has 1 saturated heterocycles. The maximum atomic E-state index is 13.6. The van der Waals surface area contributed by atoms with E-state index in [0.29, 0.717) is 0 Å². The monoisotopic (exact) mass is 558 g/mol. The van der Waals surface area contributed by atoms with E-state index >= 15 is 0 Å². The van der Waals surface area contributed by atoms with Crippen molar-refractivity contribution in [3.63, 3.8) is 0 Å². The first-order valence-electron chi connectivity index (χ1n) is 13.8. The minimum atomic E-state index is -2.81. The predicted octanol–water partition coefficient (Wildman–Crippen LogP) is 5.21. The average molecular weight is 559 g/mol. The molecule has 0 amide bonds. The second kappa shape index (κ2) is 14.0. The summed E-state index contributed by atoms with van der Waals surface area (Å²) in [5, 5.41) is 10.9. The molecule has 38 heavy (non-hydrogen) atoms. The van der Waals surface area contributed by atoms with Crippen LogP contribution in [0.15, 0.2) is 12.7 Å². The topological polar surface area (TPSA) is 101 Å². The molecule has 0 aromatic heterocycles. The summed E-state index contributed by atoms with van der Waals surface area (Å²) < 4.78 is 29.6. The molecule has 0 saturated carbocycles. The molecule has 0 aliphatic carbocycles. The minimum Gasteiger partial charge on any atom is -0.457 e. The van der Waals surface area contributed by atoms with Crippen molar-refractivity contribution in [2.75, 3.05) is 20.8 Å². The first-order valence-corrected chi connectivity index (χ1v) is 15.6. The third-order valence-corrected chi connectivity index (χ3v) is 13.2. The summed E-state index contributed by atoms with van der Waals surface area (Å²) in [5.41, 5.74) is 0. The predicted molar refractivity (Wildman–Crippen MR) is 151 cm³/mol. The van der Waals surface area contributed by atoms with Gasteiger partial charge in [0.05, 0.1) is 18.3 Å². The number of carbonyl (C=O) groups excluding carboxylic acids is 2. The number of rotatable bonds is 13. The number of carbonyl (C=O) groups is 2. The van der Waals surface area contributed by atoms with E-state index in [1.54, 1.807) is 13.8 Å². The Bertz CT molecular complexity index is 772. The Kier molecular flexibility index (Phi) is 12.9. The zero-order valence-corrected chi connectivity index (χ0v) is 26.8. The van der Waals surface area contributed by atoms with Crippen LogP contribution in [0, 0.1) is 17.8 Å². The van der Waals surface area contributed by atoms with Gasteiger partial charge in [-0.3, -0.25) is 4.79 Å². The van der Waals surface area contributed by atoms with Gasteiger partial charge in [0.1, 0.15) is 24.6 Å². The van der Waals surface area contributed by atoms with Gasteiger partial charge in [-0.2, -0.15) is 0 Å². The fourth-order valence-electron chi connectivity index (χ4n) is 5.79. The van der Waals surface area contributed by atoms with Gasteiger partial charge in [-0.25, -0.2) is 4.79 Å². The third-order valence-electron chi connectivity index (χ3n) is 8.02. The molecule has 0 spiro atoms. The van der Waals surface area contributed by atoms with Crippen molar-refractivity contribution in [1.29, 1.82) is 0 Å². The van der Waals surface area contributed by atoms with Gasteiger partial charge in [-0.15, -0.1) is 6.58 Å². The number of hydrogen-bond donors (Lipinski definition) is 1. The highest BCUT2D eigenvalue weighted by molar-refractivity contribution is 6.73. The molecular formula is C29H54O8Si. The largest absolute Gasteiger partial charge is 0.457 e. The molecular weight excluding hydrogens is 504 g/mol. The Balaban J connectivity index is 3.21. The second-order valence-corrected chi connectivity index (χ2v) is 17.5. The zero-order valence-electron chi connectivity index (χ0n) is 25.8. The number of aliphatic hydroxyl groups excluding tert-OH is 1. The summed E-state index contributed by atoms with van der Waals surface area (Å²) in [6.07, 6.45) is -0.365. The molecule has 1 heterocycles. The first-order chi connectivity index (χ1) is 17.4. The molecule has 0 unspecified atom stereocenters. The van der Waals surface area contributed by atoms with E-state index in [2.05, 4.69) is 62.0 Å². The number of aliphatic hydroxyl groups is 1. The molecule has 8 atom stereocenters. The van der Waals surface area contributed by atoms with E-state index in [1.807, 2.05) is 0 Å². The maximum absolute atomic E-state index is 13.6. The molecule has 0 aromatic carbocycles. The molecule has 0 bridgehead atoms. The summed E-state index contributed by atoms with van der Waals surface area (Å²) in [7, 11) is 0.0706.